The molecule has 0 amide bonds. The number of unbranched alkanes of at least 4 members (excludes halogenated alkanes) is 9. The average Bonchev–Trinajstić information content (AvgIpc) is 2.76. The first kappa shape index (κ1) is 19.0. The van der Waals surface area contributed by atoms with E-state index in [9.17, 15) is 4.79 Å². The number of ether oxygens (including phenoxy) is 1. The smallest absolute Gasteiger partial charge is 0.340 e. The van der Waals surface area contributed by atoms with Crippen molar-refractivity contribution < 1.29 is 9.53 Å². The summed E-state index contributed by atoms with van der Waals surface area (Å²) in [6, 6.07) is 0. The quantitative estimate of drug-likeness (QED) is 0.272. The summed E-state index contributed by atoms with van der Waals surface area (Å²) < 4.78 is 5.94. The second kappa shape index (κ2) is 11.5. The molecule has 0 spiro atoms. The summed E-state index contributed by atoms with van der Waals surface area (Å²) in [5, 5.41) is 0. The van der Waals surface area contributed by atoms with Crippen LogP contribution in [-0.4, -0.2) is 5.97 Å². The summed E-state index contributed by atoms with van der Waals surface area (Å²) in [5.41, 5.74) is 0.778. The number of carbonyl (C=O) groups excluding carboxylic acids is 1. The lowest BCUT2D eigenvalue weighted by Crippen LogP contribution is -1.98. The fraction of sp³-hybridized carbons (Fsp3) is 0.706. The Hall–Kier alpha value is -0.0900. The van der Waals surface area contributed by atoms with E-state index in [1.165, 1.54) is 57.8 Å². The molecule has 2 nitrogen and oxygen atoms in total. The minimum absolute atomic E-state index is 0.205. The van der Waals surface area contributed by atoms with Gasteiger partial charge in [0.15, 0.2) is 5.76 Å². The van der Waals surface area contributed by atoms with Crippen LogP contribution in [-0.2, 0) is 9.53 Å². The Balaban J connectivity index is 2.04. The van der Waals surface area contributed by atoms with Crippen LogP contribution in [0.4, 0.5) is 0 Å². The second-order valence-electron chi connectivity index (χ2n) is 5.59. The van der Waals surface area contributed by atoms with Crippen LogP contribution >= 0.6 is 31.9 Å². The summed E-state index contributed by atoms with van der Waals surface area (Å²) in [4.78, 5) is 13.3. The van der Waals surface area contributed by atoms with Gasteiger partial charge in [-0.15, -0.1) is 0 Å². The minimum atomic E-state index is -0.205. The molecule has 120 valence electrons. The normalized spacial score (nSPS) is 16.9. The van der Waals surface area contributed by atoms with Crippen molar-refractivity contribution in [1.82, 2.24) is 0 Å². The number of esters is 1. The molecule has 1 aliphatic heterocycles. The van der Waals surface area contributed by atoms with Gasteiger partial charge in [-0.3, -0.25) is 0 Å². The highest BCUT2D eigenvalue weighted by atomic mass is 79.9. The van der Waals surface area contributed by atoms with Crippen LogP contribution in [0.15, 0.2) is 20.8 Å². The Bertz CT molecular complexity index is 386. The molecule has 0 aromatic carbocycles. The molecule has 0 saturated carbocycles. The van der Waals surface area contributed by atoms with Crippen LogP contribution < -0.4 is 0 Å². The van der Waals surface area contributed by atoms with Gasteiger partial charge >= 0.3 is 5.97 Å². The van der Waals surface area contributed by atoms with Gasteiger partial charge in [-0.2, -0.15) is 0 Å². The molecule has 0 fully saturated rings. The van der Waals surface area contributed by atoms with Crippen molar-refractivity contribution in [2.24, 2.45) is 0 Å². The van der Waals surface area contributed by atoms with Gasteiger partial charge in [0, 0.05) is 4.99 Å². The Morgan fingerprint density at radius 1 is 0.952 bits per heavy atom. The van der Waals surface area contributed by atoms with Gasteiger partial charge in [-0.1, -0.05) is 80.6 Å². The maximum atomic E-state index is 11.7. The molecule has 0 atom stereocenters. The van der Waals surface area contributed by atoms with E-state index in [0.29, 0.717) is 5.76 Å². The van der Waals surface area contributed by atoms with Crippen LogP contribution in [0.1, 0.15) is 77.6 Å². The molecule has 0 bridgehead atoms. The lowest BCUT2D eigenvalue weighted by Gasteiger charge is -2.02. The topological polar surface area (TPSA) is 26.3 Å². The van der Waals surface area contributed by atoms with Crippen LogP contribution in [0, 0.1) is 0 Å². The fourth-order valence-electron chi connectivity index (χ4n) is 2.52. The summed E-state index contributed by atoms with van der Waals surface area (Å²) in [5.74, 6) is 0.380. The Morgan fingerprint density at radius 2 is 1.48 bits per heavy atom. The molecule has 1 heterocycles. The molecule has 4 heteroatoms. The van der Waals surface area contributed by atoms with Gasteiger partial charge in [0.05, 0.1) is 10.1 Å². The first-order chi connectivity index (χ1) is 10.2. The van der Waals surface area contributed by atoms with Crippen molar-refractivity contribution in [1.29, 1.82) is 0 Å². The molecule has 0 aliphatic carbocycles. The fourth-order valence-corrected chi connectivity index (χ4v) is 3.70. The molecule has 0 unspecified atom stereocenters. The molecule has 1 aliphatic rings. The molecule has 0 aromatic rings. The van der Waals surface area contributed by atoms with E-state index in [4.69, 9.17) is 4.74 Å². The van der Waals surface area contributed by atoms with Crippen molar-refractivity contribution >= 4 is 37.8 Å². The van der Waals surface area contributed by atoms with Gasteiger partial charge < -0.3 is 4.74 Å². The van der Waals surface area contributed by atoms with Gasteiger partial charge in [-0.25, -0.2) is 4.79 Å². The molecule has 1 rings (SSSR count). The predicted molar refractivity (Wildman–Crippen MR) is 95.5 cm³/mol. The molecule has 0 N–H and O–H groups in total. The average molecular weight is 422 g/mol. The van der Waals surface area contributed by atoms with E-state index in [-0.39, 0.29) is 5.97 Å². The largest absolute Gasteiger partial charge is 0.421 e. The lowest BCUT2D eigenvalue weighted by atomic mass is 10.0. The van der Waals surface area contributed by atoms with Crippen LogP contribution in [0.3, 0.4) is 0 Å². The molecule has 21 heavy (non-hydrogen) atoms. The predicted octanol–water partition coefficient (Wildman–Crippen LogP) is 6.74. The zero-order valence-corrected chi connectivity index (χ0v) is 16.1. The minimum Gasteiger partial charge on any atom is -0.421 e. The number of allylic oxidation sites excluding steroid dienone is 1. The van der Waals surface area contributed by atoms with E-state index < -0.39 is 0 Å². The highest BCUT2D eigenvalue weighted by molar-refractivity contribution is 9.12. The maximum Gasteiger partial charge on any atom is 0.340 e. The number of hydrogen-bond acceptors (Lipinski definition) is 2. The molecule has 0 radical (unpaired) electrons. The zero-order chi connectivity index (χ0) is 15.5. The second-order valence-corrected chi connectivity index (χ2v) is 6.84. The Labute approximate surface area is 145 Å². The van der Waals surface area contributed by atoms with E-state index in [2.05, 4.69) is 38.8 Å². The van der Waals surface area contributed by atoms with Crippen LogP contribution in [0.25, 0.3) is 0 Å². The standard InChI is InChI=1S/C17H26Br2O2/c1-2-3-4-5-6-7-8-9-10-11-12-14-16(19)15(13-18)21-17(14)20/h13H,2-12H2,1H3. The van der Waals surface area contributed by atoms with Gasteiger partial charge in [0.25, 0.3) is 0 Å². The van der Waals surface area contributed by atoms with Crippen molar-refractivity contribution in [3.63, 3.8) is 0 Å². The number of hydrogen-bond donors (Lipinski definition) is 0. The maximum absolute atomic E-state index is 11.7. The highest BCUT2D eigenvalue weighted by Crippen LogP contribution is 2.34. The van der Waals surface area contributed by atoms with E-state index in [1.54, 1.807) is 4.99 Å². The van der Waals surface area contributed by atoms with E-state index in [1.807, 2.05) is 0 Å². The van der Waals surface area contributed by atoms with Gasteiger partial charge in [-0.05, 0) is 28.8 Å². The SMILES string of the molecule is CCCCCCCCCCCCC1=C(Br)C(=CBr)OC1=O. The van der Waals surface area contributed by atoms with Crippen LogP contribution in [0.5, 0.6) is 0 Å². The molecular formula is C17H26Br2O2. The number of carbonyl (C=O) groups is 1. The van der Waals surface area contributed by atoms with Crippen LogP contribution in [0.2, 0.25) is 0 Å². The van der Waals surface area contributed by atoms with Crippen molar-refractivity contribution in [2.75, 3.05) is 0 Å². The summed E-state index contributed by atoms with van der Waals surface area (Å²) in [6.45, 7) is 2.25. The third kappa shape index (κ3) is 7.14. The number of cyclic esters (lactones) is 1. The summed E-state index contributed by atoms with van der Waals surface area (Å²) in [6.07, 6.45) is 13.9. The Kier molecular flexibility index (Phi) is 10.4. The molecular weight excluding hydrogens is 396 g/mol. The van der Waals surface area contributed by atoms with E-state index in [0.717, 1.165) is 22.9 Å². The summed E-state index contributed by atoms with van der Waals surface area (Å²) >= 11 is 6.63. The van der Waals surface area contributed by atoms with Crippen molar-refractivity contribution in [3.05, 3.63) is 20.8 Å². The van der Waals surface area contributed by atoms with Crippen molar-refractivity contribution in [3.8, 4) is 0 Å². The zero-order valence-electron chi connectivity index (χ0n) is 12.9. The number of rotatable bonds is 11. The van der Waals surface area contributed by atoms with Gasteiger partial charge in [0.2, 0.25) is 0 Å². The highest BCUT2D eigenvalue weighted by Gasteiger charge is 2.27. The third-order valence-corrected chi connectivity index (χ3v) is 5.09. The number of halogens is 2. The van der Waals surface area contributed by atoms with E-state index >= 15 is 0 Å². The molecule has 0 saturated heterocycles. The lowest BCUT2D eigenvalue weighted by molar-refractivity contribution is -0.133. The first-order valence-corrected chi connectivity index (χ1v) is 9.83. The summed E-state index contributed by atoms with van der Waals surface area (Å²) in [7, 11) is 0. The Morgan fingerprint density at radius 3 is 1.95 bits per heavy atom. The molecule has 0 aromatic heterocycles. The van der Waals surface area contributed by atoms with Gasteiger partial charge in [0.1, 0.15) is 0 Å². The monoisotopic (exact) mass is 420 g/mol. The first-order valence-electron chi connectivity index (χ1n) is 8.12. The van der Waals surface area contributed by atoms with Crippen molar-refractivity contribution in [2.45, 2.75) is 77.6 Å². The third-order valence-electron chi connectivity index (χ3n) is 3.81.